The molecule has 0 fully saturated rings. The van der Waals surface area contributed by atoms with Gasteiger partial charge in [-0.25, -0.2) is 4.98 Å². The average molecular weight is 850 g/mol. The van der Waals surface area contributed by atoms with Crippen LogP contribution in [0.5, 0.6) is 5.75 Å². The van der Waals surface area contributed by atoms with Crippen molar-refractivity contribution < 1.29 is 5.11 Å². The number of nitrogens with one attached hydrogen (secondary N) is 1. The second-order valence-corrected chi connectivity index (χ2v) is 19.8. The molecule has 0 aliphatic heterocycles. The van der Waals surface area contributed by atoms with E-state index in [-0.39, 0.29) is 22.4 Å². The Kier molecular flexibility index (Phi) is 11.2. The molecule has 0 saturated heterocycles. The SMILES string of the molecule is Cc1cccc(C)c1N(C(=N)c1ccc2c(n1)-c1c(O)cccc1CC2)c1ccc(-c2c(-c3cccc(C(C)(C)C)c3)cccc2-c2cccc(C(C)(C)C)c2)c(-c2ccccc2)c1C. The van der Waals surface area contributed by atoms with Gasteiger partial charge >= 0.3 is 0 Å². The Labute approximate surface area is 385 Å². The summed E-state index contributed by atoms with van der Waals surface area (Å²) in [5, 5.41) is 21.4. The van der Waals surface area contributed by atoms with E-state index in [1.165, 1.54) is 38.9 Å². The molecule has 9 rings (SSSR count). The number of amidine groups is 1. The molecular formula is C61H59N3O. The van der Waals surface area contributed by atoms with E-state index in [4.69, 9.17) is 4.98 Å². The van der Waals surface area contributed by atoms with Crippen molar-refractivity contribution in [3.63, 3.8) is 0 Å². The molecule has 8 aromatic rings. The lowest BCUT2D eigenvalue weighted by molar-refractivity contribution is 0.476. The van der Waals surface area contributed by atoms with Crippen LogP contribution in [0, 0.1) is 26.2 Å². The van der Waals surface area contributed by atoms with Crippen LogP contribution < -0.4 is 4.90 Å². The number of aromatic nitrogens is 1. The fourth-order valence-corrected chi connectivity index (χ4v) is 9.76. The maximum atomic E-state index is 11.1. The molecule has 0 saturated carbocycles. The van der Waals surface area contributed by atoms with Gasteiger partial charge in [-0.1, -0.05) is 181 Å². The fraction of sp³-hybridized carbons (Fsp3) is 0.213. The quantitative estimate of drug-likeness (QED) is 0.124. The number of aryl methyl sites for hydroxylation is 4. The van der Waals surface area contributed by atoms with Crippen LogP contribution in [0.1, 0.15) is 86.2 Å². The maximum Gasteiger partial charge on any atom is 0.156 e. The standard InChI is InChI=1S/C61H59N3O/c1-38-18-13-19-39(2)58(38)64(59(62)51-34-32-43-31-30-42-22-16-29-53(65)55(42)57(43)63-51)52-35-33-50(54(40(52)3)41-20-11-10-12-21-41)56-48(44-23-14-25-46(36-44)60(4,5)6)27-17-28-49(56)45-24-15-26-47(37-45)61(7,8)9/h10-29,32-37,62,65H,30-31H2,1-9H3. The number of hydrogen-bond acceptors (Lipinski definition) is 3. The molecule has 0 amide bonds. The summed E-state index contributed by atoms with van der Waals surface area (Å²) in [5.74, 6) is 0.488. The smallest absolute Gasteiger partial charge is 0.156 e. The van der Waals surface area contributed by atoms with Crippen molar-refractivity contribution in [3.05, 3.63) is 202 Å². The van der Waals surface area contributed by atoms with E-state index in [0.717, 1.165) is 80.0 Å². The van der Waals surface area contributed by atoms with Gasteiger partial charge in [0.15, 0.2) is 5.84 Å². The Hall–Kier alpha value is -7.04. The number of anilines is 2. The monoisotopic (exact) mass is 849 g/mol. The van der Waals surface area contributed by atoms with Gasteiger partial charge in [0.25, 0.3) is 0 Å². The highest BCUT2D eigenvalue weighted by Crippen LogP contribution is 2.49. The van der Waals surface area contributed by atoms with E-state index >= 15 is 0 Å². The van der Waals surface area contributed by atoms with Crippen LogP contribution >= 0.6 is 0 Å². The Balaban J connectivity index is 1.33. The molecule has 4 nitrogen and oxygen atoms in total. The number of benzene rings is 7. The number of pyridine rings is 1. The van der Waals surface area contributed by atoms with Crippen molar-refractivity contribution in [2.75, 3.05) is 4.90 Å². The lowest BCUT2D eigenvalue weighted by Crippen LogP contribution is -2.29. The number of fused-ring (bicyclic) bond motifs is 3. The normalized spacial score (nSPS) is 12.4. The van der Waals surface area contributed by atoms with Crippen LogP contribution in [0.3, 0.4) is 0 Å². The van der Waals surface area contributed by atoms with E-state index in [9.17, 15) is 10.5 Å². The predicted octanol–water partition coefficient (Wildman–Crippen LogP) is 15.9. The first-order chi connectivity index (χ1) is 31.1. The summed E-state index contributed by atoms with van der Waals surface area (Å²) in [6, 6.07) is 56.2. The molecular weight excluding hydrogens is 791 g/mol. The van der Waals surface area contributed by atoms with E-state index in [0.29, 0.717) is 5.69 Å². The molecule has 1 aliphatic rings. The third-order valence-corrected chi connectivity index (χ3v) is 13.3. The lowest BCUT2D eigenvalue weighted by atomic mass is 9.80. The second-order valence-electron chi connectivity index (χ2n) is 19.8. The first kappa shape index (κ1) is 43.2. The van der Waals surface area contributed by atoms with Gasteiger partial charge < -0.3 is 5.11 Å². The van der Waals surface area contributed by atoms with Crippen LogP contribution in [0.25, 0.3) is 55.8 Å². The third-order valence-electron chi connectivity index (χ3n) is 13.3. The highest BCUT2D eigenvalue weighted by atomic mass is 16.3. The molecule has 1 aliphatic carbocycles. The minimum Gasteiger partial charge on any atom is -0.507 e. The Morgan fingerprint density at radius 1 is 0.523 bits per heavy atom. The van der Waals surface area contributed by atoms with Crippen LogP contribution in [0.2, 0.25) is 0 Å². The van der Waals surface area contributed by atoms with Crippen molar-refractivity contribution in [1.29, 1.82) is 5.41 Å². The fourth-order valence-electron chi connectivity index (χ4n) is 9.76. The summed E-state index contributed by atoms with van der Waals surface area (Å²) in [7, 11) is 0. The van der Waals surface area contributed by atoms with Crippen LogP contribution in [-0.4, -0.2) is 15.9 Å². The van der Waals surface area contributed by atoms with E-state index < -0.39 is 0 Å². The van der Waals surface area contributed by atoms with E-state index in [1.54, 1.807) is 6.07 Å². The zero-order valence-electron chi connectivity index (χ0n) is 39.3. The van der Waals surface area contributed by atoms with Crippen molar-refractivity contribution in [2.45, 2.75) is 86.0 Å². The number of phenols is 1. The third kappa shape index (κ3) is 8.08. The van der Waals surface area contributed by atoms with Crippen molar-refractivity contribution in [1.82, 2.24) is 4.98 Å². The molecule has 7 aromatic carbocycles. The van der Waals surface area contributed by atoms with Crippen LogP contribution in [0.4, 0.5) is 11.4 Å². The molecule has 65 heavy (non-hydrogen) atoms. The van der Waals surface area contributed by atoms with Gasteiger partial charge in [0, 0.05) is 5.56 Å². The van der Waals surface area contributed by atoms with Gasteiger partial charge in [-0.3, -0.25) is 10.3 Å². The van der Waals surface area contributed by atoms with Crippen molar-refractivity contribution in [3.8, 4) is 61.5 Å². The summed E-state index contributed by atoms with van der Waals surface area (Å²) in [4.78, 5) is 7.34. The summed E-state index contributed by atoms with van der Waals surface area (Å²) in [6.45, 7) is 20.1. The van der Waals surface area contributed by atoms with E-state index in [1.807, 2.05) is 12.1 Å². The van der Waals surface area contributed by atoms with Gasteiger partial charge in [-0.15, -0.1) is 0 Å². The molecule has 0 unspecified atom stereocenters. The molecule has 1 aromatic heterocycles. The second kappa shape index (κ2) is 16.8. The van der Waals surface area contributed by atoms with Gasteiger partial charge in [0.2, 0.25) is 0 Å². The van der Waals surface area contributed by atoms with Crippen molar-refractivity contribution in [2.24, 2.45) is 0 Å². The summed E-state index contributed by atoms with van der Waals surface area (Å²) >= 11 is 0. The van der Waals surface area contributed by atoms with E-state index in [2.05, 4.69) is 207 Å². The number of rotatable bonds is 7. The molecule has 0 atom stereocenters. The maximum absolute atomic E-state index is 11.1. The van der Waals surface area contributed by atoms with Gasteiger partial charge in [-0.05, 0) is 146 Å². The van der Waals surface area contributed by atoms with Crippen LogP contribution in [-0.2, 0) is 23.7 Å². The molecule has 324 valence electrons. The topological polar surface area (TPSA) is 60.2 Å². The minimum atomic E-state index is -0.0272. The van der Waals surface area contributed by atoms with Gasteiger partial charge in [-0.2, -0.15) is 0 Å². The molecule has 1 heterocycles. The number of para-hydroxylation sites is 1. The van der Waals surface area contributed by atoms with Crippen molar-refractivity contribution >= 4 is 17.2 Å². The highest BCUT2D eigenvalue weighted by molar-refractivity contribution is 6.14. The number of nitrogens with zero attached hydrogens (tertiary/aromatic N) is 2. The first-order valence-corrected chi connectivity index (χ1v) is 22.9. The molecule has 4 heteroatoms. The van der Waals surface area contributed by atoms with Gasteiger partial charge in [0.05, 0.1) is 17.1 Å². The highest BCUT2D eigenvalue weighted by Gasteiger charge is 2.29. The zero-order valence-corrected chi connectivity index (χ0v) is 39.3. The number of aromatic hydroxyl groups is 1. The Morgan fingerprint density at radius 2 is 1.08 bits per heavy atom. The molecule has 2 N–H and O–H groups in total. The first-order valence-electron chi connectivity index (χ1n) is 22.9. The van der Waals surface area contributed by atoms with Crippen LogP contribution in [0.15, 0.2) is 158 Å². The molecule has 0 radical (unpaired) electrons. The van der Waals surface area contributed by atoms with Gasteiger partial charge in [0.1, 0.15) is 11.4 Å². The summed E-state index contributed by atoms with van der Waals surface area (Å²) in [5.41, 5.74) is 20.9. The molecule has 0 bridgehead atoms. The number of phenolic OH excluding ortho intramolecular Hbond substituents is 1. The Bertz CT molecular complexity index is 3030. The summed E-state index contributed by atoms with van der Waals surface area (Å²) < 4.78 is 0. The zero-order chi connectivity index (χ0) is 45.8. The molecule has 0 spiro atoms. The minimum absolute atomic E-state index is 0.0272. The Morgan fingerprint density at radius 3 is 1.69 bits per heavy atom. The number of hydrogen-bond donors (Lipinski definition) is 2. The lowest BCUT2D eigenvalue weighted by Gasteiger charge is -2.32. The summed E-state index contributed by atoms with van der Waals surface area (Å²) in [6.07, 6.45) is 1.67. The predicted molar refractivity (Wildman–Crippen MR) is 274 cm³/mol. The largest absolute Gasteiger partial charge is 0.507 e. The average Bonchev–Trinajstić information content (AvgIpc) is 3.29.